The van der Waals surface area contributed by atoms with Gasteiger partial charge in [-0.15, -0.1) is 0 Å². The molecule has 0 radical (unpaired) electrons. The first-order valence-electron chi connectivity index (χ1n) is 35.5. The number of aryl methyl sites for hydroxylation is 6. The molecule has 0 amide bonds. The van der Waals surface area contributed by atoms with Crippen molar-refractivity contribution < 1.29 is 0 Å². The van der Waals surface area contributed by atoms with E-state index in [0.717, 1.165) is 134 Å². The summed E-state index contributed by atoms with van der Waals surface area (Å²) in [7, 11) is 0. The van der Waals surface area contributed by atoms with Gasteiger partial charge in [0.2, 0.25) is 0 Å². The maximum Gasteiger partial charge on any atom is 0.258 e. The molecule has 0 unspecified atom stereocenters. The number of fused-ring (bicyclic) bond motifs is 6. The molecule has 2 saturated carbocycles. The van der Waals surface area contributed by atoms with Crippen molar-refractivity contribution in [2.24, 2.45) is 0 Å². The van der Waals surface area contributed by atoms with Crippen molar-refractivity contribution in [1.29, 1.82) is 0 Å². The lowest BCUT2D eigenvalue weighted by Crippen LogP contribution is -2.44. The SMILES string of the molecule is CCc1nc(C)cn2nc(-c3cc(=O)n4cc(C5CCN(C(C)C)CC5)ccc4n3)cc12.CCc1nc(C)cn2nc(-c3cc(=O)n4cc(C5CCN(C6CC6)CC5)ccc4n3)cc12.CCc1nc(C)cn2nc(-c3cc(=O)n4cc(C5CCN(C6CCC6)CC5)ccc4n3)cc12. The maximum atomic E-state index is 13.1. The van der Waals surface area contributed by atoms with E-state index in [1.165, 1.54) is 75.0 Å². The van der Waals surface area contributed by atoms with Crippen LogP contribution in [-0.2, 0) is 19.3 Å². The molecule has 5 aliphatic rings. The van der Waals surface area contributed by atoms with Crippen LogP contribution in [0.2, 0.25) is 0 Å². The first-order chi connectivity index (χ1) is 47.1. The smallest absolute Gasteiger partial charge is 0.258 e. The Morgan fingerprint density at radius 1 is 0.381 bits per heavy atom. The predicted octanol–water partition coefficient (Wildman–Crippen LogP) is 11.5. The molecule has 3 aliphatic heterocycles. The molecule has 15 heterocycles. The van der Waals surface area contributed by atoms with Gasteiger partial charge in [0.25, 0.3) is 16.7 Å². The van der Waals surface area contributed by atoms with E-state index in [1.54, 1.807) is 31.4 Å². The third kappa shape index (κ3) is 13.0. The first-order valence-corrected chi connectivity index (χ1v) is 35.5. The number of pyridine rings is 3. The number of likely N-dealkylation sites (tertiary alicyclic amines) is 3. The van der Waals surface area contributed by atoms with Crippen molar-refractivity contribution in [2.45, 2.75) is 181 Å². The predicted molar refractivity (Wildman–Crippen MR) is 379 cm³/mol. The van der Waals surface area contributed by atoms with E-state index >= 15 is 0 Å². The summed E-state index contributed by atoms with van der Waals surface area (Å²) in [4.78, 5) is 75.1. The molecule has 0 bridgehead atoms. The van der Waals surface area contributed by atoms with Gasteiger partial charge in [-0.1, -0.05) is 45.4 Å². The fraction of sp³-hybridized carbons (Fsp3) is 0.447. The largest absolute Gasteiger partial charge is 0.301 e. The highest BCUT2D eigenvalue weighted by atomic mass is 16.1. The van der Waals surface area contributed by atoms with E-state index in [-0.39, 0.29) is 16.7 Å². The average Bonchev–Trinajstić information content (AvgIpc) is 1.78. The van der Waals surface area contributed by atoms with Crippen molar-refractivity contribution in [2.75, 3.05) is 39.3 Å². The van der Waals surface area contributed by atoms with Gasteiger partial charge in [-0.3, -0.25) is 42.5 Å². The number of rotatable bonds is 12. The second-order valence-corrected chi connectivity index (χ2v) is 28.0. The summed E-state index contributed by atoms with van der Waals surface area (Å²) in [5, 5.41) is 14.0. The van der Waals surface area contributed by atoms with E-state index in [2.05, 4.69) is 97.8 Å². The van der Waals surface area contributed by atoms with Crippen LogP contribution in [0, 0.1) is 20.8 Å². The van der Waals surface area contributed by atoms with Crippen LogP contribution in [0.5, 0.6) is 0 Å². The number of hydrogen-bond donors (Lipinski definition) is 0. The van der Waals surface area contributed by atoms with Crippen LogP contribution in [0.4, 0.5) is 0 Å². The number of nitrogens with zero attached hydrogens (tertiary/aromatic N) is 18. The quantitative estimate of drug-likeness (QED) is 0.112. The minimum Gasteiger partial charge on any atom is -0.301 e. The highest BCUT2D eigenvalue weighted by molar-refractivity contribution is 5.69. The zero-order valence-corrected chi connectivity index (χ0v) is 57.3. The Bertz CT molecular complexity index is 4920. The van der Waals surface area contributed by atoms with E-state index in [4.69, 9.17) is 15.0 Å². The standard InChI is InChI=1S/C26H30N6O.C25H28N6O.C25H30N6O/c1-3-21-24-13-23(29-32(24)15-17(2)27-21)22-14-26(33)31-16-19(7-8-25(31)28-22)18-9-11-30(12-10-18)20-5-4-6-20;1-3-20-23-12-22(28-31(23)14-16(2)26-20)21-13-25(32)30-15-18(4-7-24(30)27-21)17-8-10-29(11-9-17)19-5-6-19;1-5-20-23-12-22(28-31(23)14-17(4)26-20)21-13-25(32)30-15-19(6-7-24(30)27-21)18-8-10-29(11-9-18)16(2)3/h7-8,13-16,18,20H,3-6,9-12H2,1-2H3;4,7,12-15,17,19H,3,5-6,8-11H2,1-2H3;6-7,12-16,18H,5,8-11H2,1-4H3. The fourth-order valence-corrected chi connectivity index (χ4v) is 15.3. The van der Waals surface area contributed by atoms with Gasteiger partial charge in [-0.05, 0) is 228 Å². The zero-order valence-electron chi connectivity index (χ0n) is 57.3. The Morgan fingerprint density at radius 3 is 0.990 bits per heavy atom. The Kier molecular flexibility index (Phi) is 17.6. The fourth-order valence-electron chi connectivity index (χ4n) is 15.3. The van der Waals surface area contributed by atoms with Crippen LogP contribution in [0.25, 0.3) is 67.7 Å². The Balaban J connectivity index is 0.000000119. The Hall–Kier alpha value is -9.18. The molecule has 500 valence electrons. The minimum absolute atomic E-state index is 0.0640. The van der Waals surface area contributed by atoms with Crippen molar-refractivity contribution in [3.05, 3.63) is 192 Å². The van der Waals surface area contributed by atoms with E-state index < -0.39 is 0 Å². The van der Waals surface area contributed by atoms with Gasteiger partial charge in [-0.2, -0.15) is 15.3 Å². The highest BCUT2D eigenvalue weighted by Gasteiger charge is 2.33. The summed E-state index contributed by atoms with van der Waals surface area (Å²) in [6.07, 6.45) is 27.9. The second-order valence-electron chi connectivity index (χ2n) is 28.0. The van der Waals surface area contributed by atoms with Gasteiger partial charge in [0.05, 0.1) is 86.4 Å². The summed E-state index contributed by atoms with van der Waals surface area (Å²) in [6.45, 7) is 23.5. The van der Waals surface area contributed by atoms with Crippen LogP contribution in [0.3, 0.4) is 0 Å². The lowest BCUT2D eigenvalue weighted by Gasteiger charge is -2.41. The second kappa shape index (κ2) is 26.7. The number of hydrogen-bond acceptors (Lipinski definition) is 15. The number of aromatic nitrogens is 15. The molecule has 12 aromatic heterocycles. The molecule has 5 fully saturated rings. The molecular formula is C76H88N18O3. The first kappa shape index (κ1) is 63.9. The number of piperidine rings is 3. The lowest BCUT2D eigenvalue weighted by molar-refractivity contribution is 0.0975. The molecule has 0 atom stereocenters. The van der Waals surface area contributed by atoms with Crippen molar-refractivity contribution in [3.8, 4) is 34.2 Å². The van der Waals surface area contributed by atoms with E-state index in [1.807, 2.05) is 108 Å². The molecular weight excluding hydrogens is 1210 g/mol. The summed E-state index contributed by atoms with van der Waals surface area (Å²) in [6, 6.07) is 25.3. The molecule has 21 heteroatoms. The van der Waals surface area contributed by atoms with E-state index in [0.29, 0.717) is 74.9 Å². The van der Waals surface area contributed by atoms with Gasteiger partial charge in [0.1, 0.15) is 34.0 Å². The monoisotopic (exact) mass is 1300 g/mol. The van der Waals surface area contributed by atoms with Gasteiger partial charge in [0, 0.05) is 54.9 Å². The van der Waals surface area contributed by atoms with Crippen LogP contribution in [0.15, 0.2) is 124 Å². The highest BCUT2D eigenvalue weighted by Crippen LogP contribution is 2.37. The molecule has 2 aliphatic carbocycles. The normalized spacial score (nSPS) is 17.4. The maximum absolute atomic E-state index is 13.1. The van der Waals surface area contributed by atoms with Crippen molar-refractivity contribution in [1.82, 2.24) is 86.6 Å². The molecule has 21 nitrogen and oxygen atoms in total. The minimum atomic E-state index is -0.0754. The van der Waals surface area contributed by atoms with Gasteiger partial charge in [0.15, 0.2) is 0 Å². The van der Waals surface area contributed by atoms with Gasteiger partial charge < -0.3 is 14.7 Å². The third-order valence-electron chi connectivity index (χ3n) is 21.2. The summed E-state index contributed by atoms with van der Waals surface area (Å²) in [5.41, 5.74) is 18.0. The summed E-state index contributed by atoms with van der Waals surface area (Å²) in [5.74, 6) is 1.52. The molecule has 0 spiro atoms. The lowest BCUT2D eigenvalue weighted by atomic mass is 9.86. The molecule has 97 heavy (non-hydrogen) atoms. The Labute approximate surface area is 563 Å². The summed E-state index contributed by atoms with van der Waals surface area (Å²) < 4.78 is 10.6. The van der Waals surface area contributed by atoms with Crippen LogP contribution < -0.4 is 16.7 Å². The van der Waals surface area contributed by atoms with Crippen LogP contribution >= 0.6 is 0 Å². The topological polar surface area (TPSA) is 203 Å². The molecule has 12 aromatic rings. The third-order valence-corrected chi connectivity index (χ3v) is 21.2. The Morgan fingerprint density at radius 2 is 0.701 bits per heavy atom. The van der Waals surface area contributed by atoms with Gasteiger partial charge >= 0.3 is 0 Å². The zero-order chi connectivity index (χ0) is 66.8. The van der Waals surface area contributed by atoms with E-state index in [9.17, 15) is 14.4 Å². The molecule has 0 aromatic carbocycles. The summed E-state index contributed by atoms with van der Waals surface area (Å²) >= 11 is 0. The van der Waals surface area contributed by atoms with Crippen LogP contribution in [-0.4, -0.2) is 144 Å². The molecule has 3 saturated heterocycles. The van der Waals surface area contributed by atoms with Crippen LogP contribution in [0.1, 0.15) is 174 Å². The van der Waals surface area contributed by atoms with Crippen molar-refractivity contribution >= 4 is 33.5 Å². The molecule has 0 N–H and O–H groups in total. The average molecular weight is 1300 g/mol. The molecule has 17 rings (SSSR count). The van der Waals surface area contributed by atoms with Gasteiger partial charge in [-0.25, -0.2) is 28.5 Å². The van der Waals surface area contributed by atoms with Crippen molar-refractivity contribution in [3.63, 3.8) is 0 Å².